The van der Waals surface area contributed by atoms with Gasteiger partial charge >= 0.3 is 0 Å². The average Bonchev–Trinajstić information content (AvgIpc) is 2.96. The highest BCUT2D eigenvalue weighted by Gasteiger charge is 2.17. The summed E-state index contributed by atoms with van der Waals surface area (Å²) in [6.45, 7) is 6.83. The van der Waals surface area contributed by atoms with Crippen molar-refractivity contribution in [1.82, 2.24) is 0 Å². The molecule has 0 bridgehead atoms. The van der Waals surface area contributed by atoms with E-state index in [0.29, 0.717) is 17.8 Å². The molecule has 4 aromatic rings. The monoisotopic (exact) mass is 518 g/mol. The Morgan fingerprint density at radius 1 is 0.436 bits per heavy atom. The van der Waals surface area contributed by atoms with Crippen molar-refractivity contribution in [2.24, 2.45) is 0 Å². The number of anilines is 2. The van der Waals surface area contributed by atoms with Crippen LogP contribution >= 0.6 is 0 Å². The second-order valence-corrected chi connectivity index (χ2v) is 11.1. The first-order chi connectivity index (χ1) is 19.0. The first-order valence-electron chi connectivity index (χ1n) is 14.9. The Balaban J connectivity index is 1.50. The molecule has 4 rings (SSSR count). The second kappa shape index (κ2) is 14.0. The summed E-state index contributed by atoms with van der Waals surface area (Å²) >= 11 is 0. The smallest absolute Gasteiger partial charge is 0.0314 e. The van der Waals surface area contributed by atoms with Gasteiger partial charge in [0.1, 0.15) is 0 Å². The summed E-state index contributed by atoms with van der Waals surface area (Å²) in [4.78, 5) is 0. The van der Waals surface area contributed by atoms with Gasteiger partial charge in [0.05, 0.1) is 0 Å². The molecular weight excluding hydrogens is 472 g/mol. The molecule has 0 spiro atoms. The van der Waals surface area contributed by atoms with Gasteiger partial charge in [-0.3, -0.25) is 0 Å². The lowest BCUT2D eigenvalue weighted by atomic mass is 9.83. The van der Waals surface area contributed by atoms with Gasteiger partial charge in [-0.05, 0) is 89.2 Å². The van der Waals surface area contributed by atoms with Crippen molar-refractivity contribution in [2.45, 2.75) is 83.5 Å². The molecule has 3 unspecified atom stereocenters. The Bertz CT molecular complexity index is 1260. The Morgan fingerprint density at radius 2 is 0.769 bits per heavy atom. The number of rotatable bonds is 13. The van der Waals surface area contributed by atoms with Crippen molar-refractivity contribution in [3.05, 3.63) is 130 Å². The molecule has 0 radical (unpaired) electrons. The van der Waals surface area contributed by atoms with Crippen molar-refractivity contribution < 1.29 is 0 Å². The van der Waals surface area contributed by atoms with Crippen LogP contribution in [0, 0.1) is 0 Å². The molecule has 4 aromatic carbocycles. The molecule has 0 saturated heterocycles. The van der Waals surface area contributed by atoms with Crippen LogP contribution in [0.5, 0.6) is 0 Å². The standard InChI is InChI=1S/C37H46N2/c1-4-7-33(28-14-16-30(17-15-28)37(9-6-3)32-20-24-35(39)25-21-32)26-27-10-12-29(13-11-27)36(8-5-2)31-18-22-34(38)23-19-31/h10-25,33,36-37H,4-9,26,38-39H2,1-3H3. The molecule has 2 heteroatoms. The van der Waals surface area contributed by atoms with Gasteiger partial charge in [0.25, 0.3) is 0 Å². The highest BCUT2D eigenvalue weighted by atomic mass is 14.5. The van der Waals surface area contributed by atoms with E-state index in [0.717, 1.165) is 43.5 Å². The second-order valence-electron chi connectivity index (χ2n) is 11.1. The third-order valence-electron chi connectivity index (χ3n) is 8.14. The summed E-state index contributed by atoms with van der Waals surface area (Å²) in [5.74, 6) is 1.36. The van der Waals surface area contributed by atoms with Crippen LogP contribution in [-0.4, -0.2) is 0 Å². The van der Waals surface area contributed by atoms with E-state index in [9.17, 15) is 0 Å². The number of benzene rings is 4. The first-order valence-corrected chi connectivity index (χ1v) is 14.9. The van der Waals surface area contributed by atoms with Crippen molar-refractivity contribution in [1.29, 1.82) is 0 Å². The lowest BCUT2D eigenvalue weighted by Gasteiger charge is -2.21. The van der Waals surface area contributed by atoms with E-state index in [4.69, 9.17) is 11.5 Å². The van der Waals surface area contributed by atoms with E-state index in [-0.39, 0.29) is 0 Å². The van der Waals surface area contributed by atoms with Crippen LogP contribution in [0.15, 0.2) is 97.1 Å². The number of nitrogen functional groups attached to an aromatic ring is 2. The summed E-state index contributed by atoms with van der Waals surface area (Å²) in [6.07, 6.45) is 8.05. The van der Waals surface area contributed by atoms with Gasteiger partial charge in [-0.2, -0.15) is 0 Å². The van der Waals surface area contributed by atoms with Crippen LogP contribution in [0.3, 0.4) is 0 Å². The van der Waals surface area contributed by atoms with Crippen LogP contribution in [-0.2, 0) is 6.42 Å². The number of hydrogen-bond acceptors (Lipinski definition) is 2. The van der Waals surface area contributed by atoms with Crippen LogP contribution < -0.4 is 11.5 Å². The Labute approximate surface area is 236 Å². The lowest BCUT2D eigenvalue weighted by Crippen LogP contribution is -2.06. The molecule has 4 N–H and O–H groups in total. The molecule has 0 amide bonds. The van der Waals surface area contributed by atoms with Crippen LogP contribution in [0.4, 0.5) is 11.4 Å². The van der Waals surface area contributed by atoms with Gasteiger partial charge in [0, 0.05) is 23.2 Å². The van der Waals surface area contributed by atoms with Crippen molar-refractivity contribution in [3.8, 4) is 0 Å². The van der Waals surface area contributed by atoms with E-state index in [1.54, 1.807) is 0 Å². The average molecular weight is 519 g/mol. The van der Waals surface area contributed by atoms with Gasteiger partial charge in [-0.25, -0.2) is 0 Å². The summed E-state index contributed by atoms with van der Waals surface area (Å²) in [5, 5.41) is 0. The minimum atomic E-state index is 0.416. The molecule has 0 saturated carbocycles. The first kappa shape index (κ1) is 28.5. The van der Waals surface area contributed by atoms with Crippen molar-refractivity contribution >= 4 is 11.4 Å². The summed E-state index contributed by atoms with van der Waals surface area (Å²) in [7, 11) is 0. The van der Waals surface area contributed by atoms with Crippen LogP contribution in [0.2, 0.25) is 0 Å². The minimum absolute atomic E-state index is 0.416. The third kappa shape index (κ3) is 7.53. The predicted octanol–water partition coefficient (Wildman–Crippen LogP) is 9.84. The molecule has 0 aromatic heterocycles. The fourth-order valence-electron chi connectivity index (χ4n) is 5.99. The molecule has 0 aliphatic carbocycles. The molecule has 0 heterocycles. The Morgan fingerprint density at radius 3 is 1.15 bits per heavy atom. The topological polar surface area (TPSA) is 52.0 Å². The van der Waals surface area contributed by atoms with E-state index < -0.39 is 0 Å². The fourth-order valence-corrected chi connectivity index (χ4v) is 5.99. The van der Waals surface area contributed by atoms with Gasteiger partial charge in [-0.15, -0.1) is 0 Å². The van der Waals surface area contributed by atoms with E-state index in [2.05, 4.69) is 93.6 Å². The van der Waals surface area contributed by atoms with Gasteiger partial charge < -0.3 is 11.5 Å². The Kier molecular flexibility index (Phi) is 10.3. The van der Waals surface area contributed by atoms with Crippen LogP contribution in [0.25, 0.3) is 0 Å². The number of hydrogen-bond donors (Lipinski definition) is 2. The zero-order chi connectivity index (χ0) is 27.6. The fraction of sp³-hybridized carbons (Fsp3) is 0.351. The predicted molar refractivity (Wildman–Crippen MR) is 169 cm³/mol. The SMILES string of the molecule is CCCC(Cc1ccc(C(CCC)c2ccc(N)cc2)cc1)c1ccc(C(CCC)c2ccc(N)cc2)cc1. The normalized spacial score (nSPS) is 13.6. The lowest BCUT2D eigenvalue weighted by molar-refractivity contribution is 0.609. The molecule has 3 atom stereocenters. The van der Waals surface area contributed by atoms with Gasteiger partial charge in [-0.1, -0.05) is 113 Å². The zero-order valence-electron chi connectivity index (χ0n) is 24.1. The quantitative estimate of drug-likeness (QED) is 0.173. The molecule has 0 aliphatic heterocycles. The largest absolute Gasteiger partial charge is 0.399 e. The Hall–Kier alpha value is -3.52. The van der Waals surface area contributed by atoms with Gasteiger partial charge in [0.15, 0.2) is 0 Å². The maximum atomic E-state index is 5.95. The molecule has 0 aliphatic rings. The molecule has 204 valence electrons. The third-order valence-corrected chi connectivity index (χ3v) is 8.14. The molecular formula is C37H46N2. The molecule has 2 nitrogen and oxygen atoms in total. The highest BCUT2D eigenvalue weighted by Crippen LogP contribution is 2.34. The maximum absolute atomic E-state index is 5.95. The summed E-state index contributed by atoms with van der Waals surface area (Å²) < 4.78 is 0. The zero-order valence-corrected chi connectivity index (χ0v) is 24.1. The van der Waals surface area contributed by atoms with Crippen molar-refractivity contribution in [2.75, 3.05) is 11.5 Å². The van der Waals surface area contributed by atoms with Crippen molar-refractivity contribution in [3.63, 3.8) is 0 Å². The summed E-state index contributed by atoms with van der Waals surface area (Å²) in [5.41, 5.74) is 21.9. The minimum Gasteiger partial charge on any atom is -0.399 e. The highest BCUT2D eigenvalue weighted by molar-refractivity contribution is 5.44. The molecule has 39 heavy (non-hydrogen) atoms. The maximum Gasteiger partial charge on any atom is 0.0314 e. The van der Waals surface area contributed by atoms with Crippen LogP contribution in [0.1, 0.15) is 110 Å². The van der Waals surface area contributed by atoms with E-state index in [1.165, 1.54) is 46.2 Å². The molecule has 0 fully saturated rings. The summed E-state index contributed by atoms with van der Waals surface area (Å²) in [6, 6.07) is 35.7. The van der Waals surface area contributed by atoms with E-state index >= 15 is 0 Å². The van der Waals surface area contributed by atoms with E-state index in [1.807, 2.05) is 24.3 Å². The van der Waals surface area contributed by atoms with Gasteiger partial charge in [0.2, 0.25) is 0 Å². The number of nitrogens with two attached hydrogens (primary N) is 2.